The van der Waals surface area contributed by atoms with Crippen LogP contribution >= 0.6 is 0 Å². The highest BCUT2D eigenvalue weighted by Gasteiger charge is 2.09. The number of nitrogens with one attached hydrogen (secondary N) is 2. The standard InChI is InChI=1S/C23H32N4O6/c1-19(31)27(18-30)15-7-3-5-13-25-23(33)21-10-8-20(9-11-21)22(32)24-12-4-2-6-14-26(16-28)17-29/h8-11,16-18H,2-7,12-15H2,1H3,(H,24,32)(H,25,33). The number of imide groups is 2. The zero-order valence-corrected chi connectivity index (χ0v) is 19.0. The van der Waals surface area contributed by atoms with Gasteiger partial charge in [0.15, 0.2) is 0 Å². The van der Waals surface area contributed by atoms with E-state index in [4.69, 9.17) is 0 Å². The normalized spacial score (nSPS) is 10.1. The third kappa shape index (κ3) is 11.0. The molecule has 0 atom stereocenters. The summed E-state index contributed by atoms with van der Waals surface area (Å²) in [4.78, 5) is 69.4. The quantitative estimate of drug-likeness (QED) is 0.264. The Hall–Kier alpha value is -3.56. The lowest BCUT2D eigenvalue weighted by molar-refractivity contribution is -0.136. The van der Waals surface area contributed by atoms with Crippen LogP contribution in [0.15, 0.2) is 24.3 Å². The predicted octanol–water partition coefficient (Wildman–Crippen LogP) is 1.11. The summed E-state index contributed by atoms with van der Waals surface area (Å²) in [5.41, 5.74) is 0.898. The van der Waals surface area contributed by atoms with Gasteiger partial charge in [-0.3, -0.25) is 38.6 Å². The van der Waals surface area contributed by atoms with Gasteiger partial charge in [0.2, 0.25) is 25.1 Å². The van der Waals surface area contributed by atoms with Crippen LogP contribution in [0.4, 0.5) is 0 Å². The topological polar surface area (TPSA) is 133 Å². The van der Waals surface area contributed by atoms with Gasteiger partial charge in [0.1, 0.15) is 0 Å². The van der Waals surface area contributed by atoms with E-state index in [2.05, 4.69) is 10.6 Å². The first kappa shape index (κ1) is 27.5. The molecule has 180 valence electrons. The van der Waals surface area contributed by atoms with Crippen LogP contribution in [-0.4, -0.2) is 72.9 Å². The Morgan fingerprint density at radius 3 is 1.55 bits per heavy atom. The van der Waals surface area contributed by atoms with Crippen LogP contribution in [-0.2, 0) is 19.2 Å². The molecule has 1 aromatic carbocycles. The van der Waals surface area contributed by atoms with E-state index in [1.807, 2.05) is 0 Å². The third-order valence-corrected chi connectivity index (χ3v) is 4.95. The minimum absolute atomic E-state index is 0.236. The number of carbonyl (C=O) groups excluding carboxylic acids is 6. The predicted molar refractivity (Wildman–Crippen MR) is 121 cm³/mol. The monoisotopic (exact) mass is 460 g/mol. The van der Waals surface area contributed by atoms with E-state index in [0.29, 0.717) is 69.4 Å². The molecule has 0 saturated heterocycles. The average molecular weight is 461 g/mol. The maximum Gasteiger partial charge on any atom is 0.251 e. The molecule has 0 aliphatic heterocycles. The van der Waals surface area contributed by atoms with E-state index in [-0.39, 0.29) is 17.7 Å². The van der Waals surface area contributed by atoms with Crippen molar-refractivity contribution in [2.45, 2.75) is 45.4 Å². The second kappa shape index (κ2) is 16.1. The third-order valence-electron chi connectivity index (χ3n) is 4.95. The highest BCUT2D eigenvalue weighted by atomic mass is 16.2. The van der Waals surface area contributed by atoms with Crippen molar-refractivity contribution in [2.75, 3.05) is 26.2 Å². The number of hydrogen-bond acceptors (Lipinski definition) is 6. The Balaban J connectivity index is 2.24. The van der Waals surface area contributed by atoms with E-state index < -0.39 is 0 Å². The molecule has 0 fully saturated rings. The first-order valence-electron chi connectivity index (χ1n) is 11.0. The Kier molecular flexibility index (Phi) is 13.4. The number of amides is 6. The molecule has 0 bridgehead atoms. The van der Waals surface area contributed by atoms with E-state index in [9.17, 15) is 28.8 Å². The average Bonchev–Trinajstić information content (AvgIpc) is 2.82. The fourth-order valence-electron chi connectivity index (χ4n) is 2.98. The number of rotatable bonds is 17. The molecule has 33 heavy (non-hydrogen) atoms. The molecule has 0 unspecified atom stereocenters. The van der Waals surface area contributed by atoms with Gasteiger partial charge < -0.3 is 10.6 Å². The first-order valence-corrected chi connectivity index (χ1v) is 11.0. The molecular formula is C23H32N4O6. The van der Waals surface area contributed by atoms with Gasteiger partial charge in [0.25, 0.3) is 11.8 Å². The maximum absolute atomic E-state index is 12.2. The van der Waals surface area contributed by atoms with Crippen LogP contribution in [0.2, 0.25) is 0 Å². The van der Waals surface area contributed by atoms with Crippen molar-refractivity contribution < 1.29 is 28.8 Å². The first-order chi connectivity index (χ1) is 15.9. The second-order valence-corrected chi connectivity index (χ2v) is 7.48. The number of unbranched alkanes of at least 4 members (excludes halogenated alkanes) is 4. The highest BCUT2D eigenvalue weighted by molar-refractivity contribution is 5.97. The van der Waals surface area contributed by atoms with Gasteiger partial charge >= 0.3 is 0 Å². The van der Waals surface area contributed by atoms with Crippen molar-refractivity contribution in [3.63, 3.8) is 0 Å². The fourth-order valence-corrected chi connectivity index (χ4v) is 2.98. The lowest BCUT2D eigenvalue weighted by atomic mass is 10.1. The van der Waals surface area contributed by atoms with Gasteiger partial charge in [0.05, 0.1) is 0 Å². The fraction of sp³-hybridized carbons (Fsp3) is 0.478. The number of nitrogens with zero attached hydrogens (tertiary/aromatic N) is 2. The van der Waals surface area contributed by atoms with Gasteiger partial charge in [-0.1, -0.05) is 0 Å². The molecule has 10 nitrogen and oxygen atoms in total. The second-order valence-electron chi connectivity index (χ2n) is 7.48. The van der Waals surface area contributed by atoms with E-state index in [1.54, 1.807) is 24.3 Å². The SMILES string of the molecule is CC(=O)N(C=O)CCCCCNC(=O)c1ccc(C(=O)NCCCCCN(C=O)C=O)cc1. The largest absolute Gasteiger partial charge is 0.352 e. The molecule has 0 aliphatic rings. The van der Waals surface area contributed by atoms with E-state index in [0.717, 1.165) is 35.5 Å². The molecule has 0 saturated carbocycles. The molecule has 0 radical (unpaired) electrons. The van der Waals surface area contributed by atoms with Gasteiger partial charge in [-0.15, -0.1) is 0 Å². The zero-order chi connectivity index (χ0) is 24.5. The van der Waals surface area contributed by atoms with E-state index >= 15 is 0 Å². The molecule has 1 rings (SSSR count). The molecule has 6 amide bonds. The van der Waals surface area contributed by atoms with Crippen molar-refractivity contribution in [1.82, 2.24) is 20.4 Å². The van der Waals surface area contributed by atoms with Crippen LogP contribution < -0.4 is 10.6 Å². The van der Waals surface area contributed by atoms with Gasteiger partial charge in [0, 0.05) is 44.2 Å². The number of hydrogen-bond donors (Lipinski definition) is 2. The van der Waals surface area contributed by atoms with Crippen LogP contribution in [0, 0.1) is 0 Å². The molecule has 10 heteroatoms. The lowest BCUT2D eigenvalue weighted by Crippen LogP contribution is -2.28. The molecule has 0 spiro atoms. The van der Waals surface area contributed by atoms with Crippen molar-refractivity contribution in [2.24, 2.45) is 0 Å². The van der Waals surface area contributed by atoms with Crippen molar-refractivity contribution in [1.29, 1.82) is 0 Å². The minimum Gasteiger partial charge on any atom is -0.352 e. The van der Waals surface area contributed by atoms with Crippen LogP contribution in [0.3, 0.4) is 0 Å². The summed E-state index contributed by atoms with van der Waals surface area (Å²) in [6.45, 7) is 3.02. The smallest absolute Gasteiger partial charge is 0.251 e. The summed E-state index contributed by atoms with van der Waals surface area (Å²) in [6, 6.07) is 6.36. The Bertz CT molecular complexity index is 789. The van der Waals surface area contributed by atoms with Crippen LogP contribution in [0.5, 0.6) is 0 Å². The van der Waals surface area contributed by atoms with Gasteiger partial charge in [-0.25, -0.2) is 0 Å². The number of carbonyl (C=O) groups is 6. The summed E-state index contributed by atoms with van der Waals surface area (Å²) < 4.78 is 0. The van der Waals surface area contributed by atoms with Crippen LogP contribution in [0.1, 0.15) is 66.2 Å². The summed E-state index contributed by atoms with van der Waals surface area (Å²) in [5.74, 6) is -0.757. The zero-order valence-electron chi connectivity index (χ0n) is 19.0. The minimum atomic E-state index is -0.284. The lowest BCUT2D eigenvalue weighted by Gasteiger charge is -2.12. The molecule has 0 aliphatic carbocycles. The molecule has 2 N–H and O–H groups in total. The van der Waals surface area contributed by atoms with Crippen molar-refractivity contribution in [3.8, 4) is 0 Å². The Morgan fingerprint density at radius 2 is 1.15 bits per heavy atom. The Morgan fingerprint density at radius 1 is 0.697 bits per heavy atom. The van der Waals surface area contributed by atoms with Gasteiger partial charge in [-0.05, 0) is 62.8 Å². The summed E-state index contributed by atoms with van der Waals surface area (Å²) in [5, 5.41) is 5.60. The molecule has 1 aromatic rings. The summed E-state index contributed by atoms with van der Waals surface area (Å²) in [7, 11) is 0. The molecule has 0 heterocycles. The molecule has 0 aromatic heterocycles. The Labute approximate surface area is 193 Å². The summed E-state index contributed by atoms with van der Waals surface area (Å²) >= 11 is 0. The van der Waals surface area contributed by atoms with Crippen LogP contribution in [0.25, 0.3) is 0 Å². The highest BCUT2D eigenvalue weighted by Crippen LogP contribution is 2.06. The maximum atomic E-state index is 12.2. The summed E-state index contributed by atoms with van der Waals surface area (Å²) in [6.07, 6.45) is 5.82. The van der Waals surface area contributed by atoms with Crippen molar-refractivity contribution in [3.05, 3.63) is 35.4 Å². The number of benzene rings is 1. The van der Waals surface area contributed by atoms with Crippen molar-refractivity contribution >= 4 is 37.0 Å². The van der Waals surface area contributed by atoms with Gasteiger partial charge in [-0.2, -0.15) is 0 Å². The van der Waals surface area contributed by atoms with E-state index in [1.165, 1.54) is 6.92 Å². The molecular weight excluding hydrogens is 428 g/mol.